The second kappa shape index (κ2) is 11.4. The highest BCUT2D eigenvalue weighted by atomic mass is 16.5. The fourth-order valence-electron chi connectivity index (χ4n) is 7.26. The zero-order chi connectivity index (χ0) is 30.9. The maximum atomic E-state index is 13.6. The van der Waals surface area contributed by atoms with Crippen LogP contribution in [0.15, 0.2) is 121 Å². The Hall–Kier alpha value is -5.36. The summed E-state index contributed by atoms with van der Waals surface area (Å²) >= 11 is 0. The minimum atomic E-state index is -0.969. The third-order valence-corrected chi connectivity index (χ3v) is 8.74. The number of hydrogen-bond donors (Lipinski definition) is 0. The minimum Gasteiger partial charge on any atom is -0.495 e. The summed E-state index contributed by atoms with van der Waals surface area (Å²) in [5.74, 6) is -1.03. The largest absolute Gasteiger partial charge is 0.495 e. The van der Waals surface area contributed by atoms with Gasteiger partial charge in [-0.25, -0.2) is 9.59 Å². The average Bonchev–Trinajstić information content (AvgIpc) is 3.09. The highest BCUT2D eigenvalue weighted by Gasteiger charge is 2.70. The van der Waals surface area contributed by atoms with Gasteiger partial charge in [0.05, 0.1) is 39.3 Å². The summed E-state index contributed by atoms with van der Waals surface area (Å²) in [7, 11) is 5.55. The van der Waals surface area contributed by atoms with Crippen molar-refractivity contribution in [2.24, 2.45) is 0 Å². The molecule has 0 spiro atoms. The molecule has 0 amide bonds. The van der Waals surface area contributed by atoms with Crippen molar-refractivity contribution in [3.8, 4) is 11.5 Å². The van der Waals surface area contributed by atoms with E-state index in [0.717, 1.165) is 22.3 Å². The summed E-state index contributed by atoms with van der Waals surface area (Å²) in [5, 5.41) is 0. The van der Waals surface area contributed by atoms with Crippen LogP contribution in [0.5, 0.6) is 11.5 Å². The lowest BCUT2D eigenvalue weighted by atomic mass is 9.37. The molecular formula is C38H32O6. The fourth-order valence-corrected chi connectivity index (χ4v) is 7.26. The van der Waals surface area contributed by atoms with Crippen LogP contribution in [0.25, 0.3) is 0 Å². The van der Waals surface area contributed by atoms with Crippen LogP contribution < -0.4 is 9.47 Å². The van der Waals surface area contributed by atoms with Crippen molar-refractivity contribution in [2.45, 2.75) is 10.8 Å². The zero-order valence-electron chi connectivity index (χ0n) is 25.0. The number of hydrogen-bond acceptors (Lipinski definition) is 6. The van der Waals surface area contributed by atoms with Gasteiger partial charge in [0.2, 0.25) is 0 Å². The first kappa shape index (κ1) is 28.7. The SMILES string of the molecule is COC(=O)c1c(OC)c2c(c(OC)c1C(=O)OC)C(c1ccccc1)(c1ccccc1)C2(c1ccccc1)c1ccccc1. The molecule has 0 bridgehead atoms. The second-order valence-corrected chi connectivity index (χ2v) is 10.5. The molecule has 0 saturated carbocycles. The number of esters is 2. The maximum Gasteiger partial charge on any atom is 0.342 e. The summed E-state index contributed by atoms with van der Waals surface area (Å²) < 4.78 is 22.8. The van der Waals surface area contributed by atoms with E-state index in [-0.39, 0.29) is 22.6 Å². The van der Waals surface area contributed by atoms with Gasteiger partial charge in [-0.05, 0) is 22.3 Å². The van der Waals surface area contributed by atoms with E-state index in [1.165, 1.54) is 28.4 Å². The summed E-state index contributed by atoms with van der Waals surface area (Å²) in [6.07, 6.45) is 0. The third-order valence-electron chi connectivity index (χ3n) is 8.74. The molecule has 0 N–H and O–H groups in total. The Labute approximate surface area is 256 Å². The van der Waals surface area contributed by atoms with Gasteiger partial charge >= 0.3 is 11.9 Å². The lowest BCUT2D eigenvalue weighted by molar-refractivity contribution is 0.0546. The molecule has 220 valence electrons. The summed E-state index contributed by atoms with van der Waals surface area (Å²) in [4.78, 5) is 27.2. The number of fused-ring (bicyclic) bond motifs is 1. The van der Waals surface area contributed by atoms with Gasteiger partial charge in [0.15, 0.2) is 0 Å². The number of methoxy groups -OCH3 is 4. The highest BCUT2D eigenvalue weighted by molar-refractivity contribution is 6.09. The van der Waals surface area contributed by atoms with Crippen LogP contribution >= 0.6 is 0 Å². The predicted molar refractivity (Wildman–Crippen MR) is 168 cm³/mol. The molecule has 1 aliphatic rings. The first-order valence-electron chi connectivity index (χ1n) is 14.3. The molecule has 6 rings (SSSR count). The predicted octanol–water partition coefficient (Wildman–Crippen LogP) is 6.96. The third kappa shape index (κ3) is 3.73. The van der Waals surface area contributed by atoms with E-state index in [2.05, 4.69) is 48.5 Å². The van der Waals surface area contributed by atoms with Crippen LogP contribution in [0.4, 0.5) is 0 Å². The smallest absolute Gasteiger partial charge is 0.342 e. The molecule has 1 aliphatic carbocycles. The van der Waals surface area contributed by atoms with Crippen LogP contribution in [-0.4, -0.2) is 40.4 Å². The normalized spacial score (nSPS) is 14.0. The summed E-state index contributed by atoms with van der Waals surface area (Å²) in [5.41, 5.74) is 3.23. The van der Waals surface area contributed by atoms with Gasteiger partial charge in [-0.2, -0.15) is 0 Å². The van der Waals surface area contributed by atoms with Crippen molar-refractivity contribution in [3.05, 3.63) is 166 Å². The number of carbonyl (C=O) groups is 2. The molecule has 0 radical (unpaired) electrons. The first-order valence-corrected chi connectivity index (χ1v) is 14.3. The van der Waals surface area contributed by atoms with E-state index in [0.29, 0.717) is 11.1 Å². The molecule has 0 unspecified atom stereocenters. The van der Waals surface area contributed by atoms with Crippen LogP contribution in [0.2, 0.25) is 0 Å². The van der Waals surface area contributed by atoms with Crippen molar-refractivity contribution in [3.63, 3.8) is 0 Å². The van der Waals surface area contributed by atoms with E-state index in [4.69, 9.17) is 18.9 Å². The van der Waals surface area contributed by atoms with E-state index in [9.17, 15) is 9.59 Å². The van der Waals surface area contributed by atoms with Crippen molar-refractivity contribution in [2.75, 3.05) is 28.4 Å². The van der Waals surface area contributed by atoms with Crippen LogP contribution in [0, 0.1) is 0 Å². The Morgan fingerprint density at radius 1 is 0.432 bits per heavy atom. The van der Waals surface area contributed by atoms with Crippen molar-refractivity contribution in [1.82, 2.24) is 0 Å². The molecule has 44 heavy (non-hydrogen) atoms. The molecule has 6 heteroatoms. The summed E-state index contributed by atoms with van der Waals surface area (Å²) in [6.45, 7) is 0. The minimum absolute atomic E-state index is 0.0524. The highest BCUT2D eigenvalue weighted by Crippen LogP contribution is 2.73. The van der Waals surface area contributed by atoms with Gasteiger partial charge < -0.3 is 18.9 Å². The first-order chi connectivity index (χ1) is 21.5. The van der Waals surface area contributed by atoms with Gasteiger partial charge in [-0.3, -0.25) is 0 Å². The summed E-state index contributed by atoms with van der Waals surface area (Å²) in [6, 6.07) is 40.7. The Kier molecular flexibility index (Phi) is 7.43. The topological polar surface area (TPSA) is 71.1 Å². The molecule has 0 heterocycles. The number of rotatable bonds is 8. The molecule has 0 aliphatic heterocycles. The molecule has 0 aromatic heterocycles. The molecule has 0 saturated heterocycles. The molecule has 5 aromatic rings. The van der Waals surface area contributed by atoms with Crippen LogP contribution in [0.3, 0.4) is 0 Å². The number of ether oxygens (including phenoxy) is 4. The lowest BCUT2D eigenvalue weighted by Crippen LogP contribution is -2.61. The van der Waals surface area contributed by atoms with Crippen molar-refractivity contribution < 1.29 is 28.5 Å². The van der Waals surface area contributed by atoms with Crippen LogP contribution in [-0.2, 0) is 20.3 Å². The van der Waals surface area contributed by atoms with Gasteiger partial charge in [-0.15, -0.1) is 0 Å². The molecular weight excluding hydrogens is 552 g/mol. The Balaban J connectivity index is 1.99. The van der Waals surface area contributed by atoms with Gasteiger partial charge in [0.1, 0.15) is 22.6 Å². The zero-order valence-corrected chi connectivity index (χ0v) is 25.0. The standard InChI is InChI=1S/C38H32O6/c1-41-33-29(35(39)43-3)30(36(40)44-4)34(42-2)32-31(33)37(25-17-9-5-10-18-25,26-19-11-6-12-20-26)38(32,27-21-13-7-14-22-27)28-23-15-8-16-24-28/h5-24H,1-4H3. The van der Waals surface area contributed by atoms with Crippen molar-refractivity contribution >= 4 is 11.9 Å². The monoisotopic (exact) mass is 584 g/mol. The Morgan fingerprint density at radius 2 is 0.682 bits per heavy atom. The average molecular weight is 585 g/mol. The Bertz CT molecular complexity index is 1600. The van der Waals surface area contributed by atoms with Gasteiger partial charge in [0.25, 0.3) is 0 Å². The van der Waals surface area contributed by atoms with Crippen molar-refractivity contribution in [1.29, 1.82) is 0 Å². The van der Waals surface area contributed by atoms with E-state index < -0.39 is 22.8 Å². The van der Waals surface area contributed by atoms with E-state index in [1.54, 1.807) is 0 Å². The molecule has 0 atom stereocenters. The number of carbonyl (C=O) groups excluding carboxylic acids is 2. The molecule has 5 aromatic carbocycles. The van der Waals surface area contributed by atoms with E-state index in [1.807, 2.05) is 72.8 Å². The number of benzene rings is 5. The molecule has 0 fully saturated rings. The lowest BCUT2D eigenvalue weighted by Gasteiger charge is -2.62. The second-order valence-electron chi connectivity index (χ2n) is 10.5. The maximum absolute atomic E-state index is 13.6. The van der Waals surface area contributed by atoms with Gasteiger partial charge in [-0.1, -0.05) is 121 Å². The molecule has 6 nitrogen and oxygen atoms in total. The van der Waals surface area contributed by atoms with Crippen LogP contribution in [0.1, 0.15) is 54.1 Å². The van der Waals surface area contributed by atoms with E-state index >= 15 is 0 Å². The quantitative estimate of drug-likeness (QED) is 0.184. The Morgan fingerprint density at radius 3 is 0.886 bits per heavy atom. The van der Waals surface area contributed by atoms with Gasteiger partial charge in [0, 0.05) is 11.1 Å². The fraction of sp³-hybridized carbons (Fsp3) is 0.158.